The first-order valence-electron chi connectivity index (χ1n) is 4.92. The van der Waals surface area contributed by atoms with E-state index in [1.807, 2.05) is 0 Å². The van der Waals surface area contributed by atoms with Crippen LogP contribution in [0.1, 0.15) is 41.7 Å². The summed E-state index contributed by atoms with van der Waals surface area (Å²) >= 11 is 5.74. The van der Waals surface area contributed by atoms with E-state index in [-0.39, 0.29) is 0 Å². The third kappa shape index (κ3) is 2.26. The van der Waals surface area contributed by atoms with Crippen LogP contribution in [0.15, 0.2) is 6.07 Å². The Bertz CT molecular complexity index is 391. The van der Waals surface area contributed by atoms with Gasteiger partial charge in [0.1, 0.15) is 0 Å². The van der Waals surface area contributed by atoms with E-state index in [1.165, 1.54) is 0 Å². The lowest BCUT2D eigenvalue weighted by molar-refractivity contribution is 0.0516. The number of aromatic nitrogens is 2. The number of carbonyl (C=O) groups excluding carboxylic acids is 1. The summed E-state index contributed by atoms with van der Waals surface area (Å²) in [5.74, 6) is -0.0130. The molecule has 1 aromatic rings. The summed E-state index contributed by atoms with van der Waals surface area (Å²) < 4.78 is 4.90. The number of hydrogen-bond acceptors (Lipinski definition) is 4. The zero-order chi connectivity index (χ0) is 10.8. The van der Waals surface area contributed by atoms with Gasteiger partial charge < -0.3 is 4.74 Å². The molecule has 1 aliphatic rings. The SMILES string of the molecule is CCOC(=O)c1nnc(Cl)cc1C1CC1. The first-order chi connectivity index (χ1) is 7.22. The van der Waals surface area contributed by atoms with Crippen LogP contribution in [0.5, 0.6) is 0 Å². The molecule has 0 saturated heterocycles. The number of rotatable bonds is 3. The van der Waals surface area contributed by atoms with Gasteiger partial charge in [0, 0.05) is 0 Å². The summed E-state index contributed by atoms with van der Waals surface area (Å²) in [5, 5.41) is 7.79. The molecule has 0 aromatic carbocycles. The smallest absolute Gasteiger partial charge is 0.359 e. The first kappa shape index (κ1) is 10.4. The maximum atomic E-state index is 11.5. The van der Waals surface area contributed by atoms with Crippen LogP contribution in [0.2, 0.25) is 5.15 Å². The van der Waals surface area contributed by atoms with Crippen LogP contribution in [-0.4, -0.2) is 22.8 Å². The monoisotopic (exact) mass is 226 g/mol. The Balaban J connectivity index is 2.32. The average Bonchev–Trinajstić information content (AvgIpc) is 3.01. The second-order valence-corrected chi connectivity index (χ2v) is 3.85. The Labute approximate surface area is 92.6 Å². The third-order valence-corrected chi connectivity index (χ3v) is 2.46. The molecule has 1 fully saturated rings. The van der Waals surface area contributed by atoms with E-state index >= 15 is 0 Å². The number of esters is 1. The lowest BCUT2D eigenvalue weighted by Gasteiger charge is -2.05. The molecule has 80 valence electrons. The van der Waals surface area contributed by atoms with Gasteiger partial charge in [0.15, 0.2) is 10.8 Å². The summed E-state index contributed by atoms with van der Waals surface area (Å²) in [6.07, 6.45) is 2.16. The van der Waals surface area contributed by atoms with Gasteiger partial charge in [-0.1, -0.05) is 11.6 Å². The fourth-order valence-corrected chi connectivity index (χ4v) is 1.60. The van der Waals surface area contributed by atoms with Crippen LogP contribution in [0, 0.1) is 0 Å². The van der Waals surface area contributed by atoms with Gasteiger partial charge in [-0.05, 0) is 37.3 Å². The fourth-order valence-electron chi connectivity index (χ4n) is 1.44. The molecule has 4 nitrogen and oxygen atoms in total. The van der Waals surface area contributed by atoms with Crippen LogP contribution in [-0.2, 0) is 4.74 Å². The largest absolute Gasteiger partial charge is 0.461 e. The van der Waals surface area contributed by atoms with Crippen LogP contribution >= 0.6 is 11.6 Å². The Hall–Kier alpha value is -1.16. The Morgan fingerprint density at radius 2 is 2.33 bits per heavy atom. The highest BCUT2D eigenvalue weighted by Gasteiger charge is 2.30. The molecule has 0 spiro atoms. The van der Waals surface area contributed by atoms with Gasteiger partial charge in [-0.25, -0.2) is 4.79 Å². The molecule has 1 heterocycles. The molecule has 0 radical (unpaired) electrons. The predicted molar refractivity (Wildman–Crippen MR) is 55.0 cm³/mol. The zero-order valence-corrected chi connectivity index (χ0v) is 9.12. The van der Waals surface area contributed by atoms with E-state index in [9.17, 15) is 4.79 Å². The molecule has 1 aromatic heterocycles. The molecule has 0 atom stereocenters. The highest BCUT2D eigenvalue weighted by Crippen LogP contribution is 2.41. The van der Waals surface area contributed by atoms with Crippen LogP contribution in [0.4, 0.5) is 0 Å². The first-order valence-corrected chi connectivity index (χ1v) is 5.30. The summed E-state index contributed by atoms with van der Waals surface area (Å²) in [7, 11) is 0. The normalized spacial score (nSPS) is 15.1. The van der Waals surface area contributed by atoms with Crippen molar-refractivity contribution in [3.8, 4) is 0 Å². The summed E-state index contributed by atoms with van der Waals surface area (Å²) in [6.45, 7) is 2.10. The van der Waals surface area contributed by atoms with E-state index in [2.05, 4.69) is 10.2 Å². The lowest BCUT2D eigenvalue weighted by Crippen LogP contribution is -2.11. The van der Waals surface area contributed by atoms with Crippen molar-refractivity contribution in [1.29, 1.82) is 0 Å². The Morgan fingerprint density at radius 3 is 2.93 bits per heavy atom. The number of halogens is 1. The van der Waals surface area contributed by atoms with Gasteiger partial charge in [-0.3, -0.25) is 0 Å². The molecule has 15 heavy (non-hydrogen) atoms. The minimum atomic E-state index is -0.413. The molecule has 1 aliphatic carbocycles. The molecule has 2 rings (SSSR count). The molecule has 5 heteroatoms. The summed E-state index contributed by atoms with van der Waals surface area (Å²) in [6, 6.07) is 1.71. The summed E-state index contributed by atoms with van der Waals surface area (Å²) in [5.41, 5.74) is 1.18. The van der Waals surface area contributed by atoms with Crippen LogP contribution < -0.4 is 0 Å². The maximum absolute atomic E-state index is 11.5. The molecule has 0 N–H and O–H groups in total. The van der Waals surface area contributed by atoms with Crippen molar-refractivity contribution in [1.82, 2.24) is 10.2 Å². The molecule has 0 unspecified atom stereocenters. The van der Waals surface area contributed by atoms with Crippen molar-refractivity contribution < 1.29 is 9.53 Å². The third-order valence-electron chi connectivity index (χ3n) is 2.28. The fraction of sp³-hybridized carbons (Fsp3) is 0.500. The maximum Gasteiger partial charge on any atom is 0.359 e. The van der Waals surface area contributed by atoms with Crippen molar-refractivity contribution >= 4 is 17.6 Å². The van der Waals surface area contributed by atoms with Gasteiger partial charge in [0.2, 0.25) is 0 Å². The predicted octanol–water partition coefficient (Wildman–Crippen LogP) is 2.18. The Morgan fingerprint density at radius 1 is 1.60 bits per heavy atom. The highest BCUT2D eigenvalue weighted by molar-refractivity contribution is 6.29. The van der Waals surface area contributed by atoms with Crippen LogP contribution in [0.3, 0.4) is 0 Å². The molecular weight excluding hydrogens is 216 g/mol. The minimum Gasteiger partial charge on any atom is -0.461 e. The van der Waals surface area contributed by atoms with Crippen LogP contribution in [0.25, 0.3) is 0 Å². The van der Waals surface area contributed by atoms with Crippen molar-refractivity contribution in [2.75, 3.05) is 6.61 Å². The van der Waals surface area contributed by atoms with Gasteiger partial charge in [0.05, 0.1) is 6.61 Å². The quantitative estimate of drug-likeness (QED) is 0.742. The zero-order valence-electron chi connectivity index (χ0n) is 8.36. The van der Waals surface area contributed by atoms with Crippen molar-refractivity contribution in [3.05, 3.63) is 22.5 Å². The molecule has 1 saturated carbocycles. The summed E-state index contributed by atoms with van der Waals surface area (Å²) in [4.78, 5) is 11.5. The molecule has 0 amide bonds. The second kappa shape index (κ2) is 4.14. The second-order valence-electron chi connectivity index (χ2n) is 3.47. The minimum absolute atomic E-state index is 0.309. The number of carbonyl (C=O) groups is 1. The number of nitrogens with zero attached hydrogens (tertiary/aromatic N) is 2. The van der Waals surface area contributed by atoms with Gasteiger partial charge in [-0.15, -0.1) is 10.2 Å². The average molecular weight is 227 g/mol. The van der Waals surface area contributed by atoms with E-state index in [0.29, 0.717) is 23.4 Å². The van der Waals surface area contributed by atoms with Crippen molar-refractivity contribution in [2.24, 2.45) is 0 Å². The van der Waals surface area contributed by atoms with E-state index in [4.69, 9.17) is 16.3 Å². The number of ether oxygens (including phenoxy) is 1. The molecule has 0 bridgehead atoms. The van der Waals surface area contributed by atoms with E-state index in [1.54, 1.807) is 13.0 Å². The lowest BCUT2D eigenvalue weighted by atomic mass is 10.1. The van der Waals surface area contributed by atoms with Gasteiger partial charge in [0.25, 0.3) is 0 Å². The van der Waals surface area contributed by atoms with E-state index < -0.39 is 5.97 Å². The van der Waals surface area contributed by atoms with Gasteiger partial charge in [-0.2, -0.15) is 0 Å². The van der Waals surface area contributed by atoms with Crippen molar-refractivity contribution in [2.45, 2.75) is 25.7 Å². The molecule has 0 aliphatic heterocycles. The Kier molecular flexibility index (Phi) is 2.86. The van der Waals surface area contributed by atoms with Gasteiger partial charge >= 0.3 is 5.97 Å². The van der Waals surface area contributed by atoms with E-state index in [0.717, 1.165) is 18.4 Å². The highest BCUT2D eigenvalue weighted by atomic mass is 35.5. The molecular formula is C10H11ClN2O2. The van der Waals surface area contributed by atoms with Crippen molar-refractivity contribution in [3.63, 3.8) is 0 Å². The standard InChI is InChI=1S/C10H11ClN2O2/c1-2-15-10(14)9-7(6-3-4-6)5-8(11)12-13-9/h5-6H,2-4H2,1H3. The topological polar surface area (TPSA) is 52.1 Å². The number of hydrogen-bond donors (Lipinski definition) is 0.